The van der Waals surface area contributed by atoms with Gasteiger partial charge in [0.25, 0.3) is 11.8 Å². The first-order valence-electron chi connectivity index (χ1n) is 10.5. The molecule has 1 fully saturated rings. The first kappa shape index (κ1) is 21.5. The molecule has 3 aromatic rings. The Balaban J connectivity index is 1.48. The molecule has 1 N–H and O–H groups in total. The molecule has 4 rings (SSSR count). The minimum Gasteiger partial charge on any atom is -0.496 e. The second-order valence-corrected chi connectivity index (χ2v) is 7.74. The van der Waals surface area contributed by atoms with Crippen molar-refractivity contribution in [2.45, 2.75) is 32.4 Å². The number of nitrogens with one attached hydrogen (secondary N) is 1. The molecule has 2 amide bonds. The minimum absolute atomic E-state index is 0.139. The Hall–Kier alpha value is -3.75. The lowest BCUT2D eigenvalue weighted by atomic mass is 10.1. The molecule has 9 nitrogen and oxygen atoms in total. The van der Waals surface area contributed by atoms with Crippen molar-refractivity contribution >= 4 is 11.8 Å². The van der Waals surface area contributed by atoms with E-state index in [0.717, 1.165) is 24.2 Å². The molecule has 1 atom stereocenters. The van der Waals surface area contributed by atoms with Crippen LogP contribution >= 0.6 is 0 Å². The molecule has 0 unspecified atom stereocenters. The molecule has 3 heterocycles. The Morgan fingerprint density at radius 1 is 1.25 bits per heavy atom. The molecule has 1 aliphatic heterocycles. The lowest BCUT2D eigenvalue weighted by molar-refractivity contribution is 0.0713. The predicted octanol–water partition coefficient (Wildman–Crippen LogP) is 2.43. The summed E-state index contributed by atoms with van der Waals surface area (Å²) in [6.45, 7) is 2.74. The molecular weight excluding hydrogens is 408 g/mol. The number of ether oxygens (including phenoxy) is 1. The van der Waals surface area contributed by atoms with Crippen LogP contribution in [0.3, 0.4) is 0 Å². The largest absolute Gasteiger partial charge is 0.496 e. The van der Waals surface area contributed by atoms with Crippen molar-refractivity contribution in [2.75, 3.05) is 13.7 Å². The van der Waals surface area contributed by atoms with Crippen molar-refractivity contribution in [3.8, 4) is 5.75 Å². The molecule has 166 valence electrons. The fraction of sp³-hybridized carbons (Fsp3) is 0.348. The molecule has 2 aromatic heterocycles. The summed E-state index contributed by atoms with van der Waals surface area (Å²) in [6, 6.07) is 7.30. The number of para-hydroxylation sites is 1. The quantitative estimate of drug-likeness (QED) is 0.639. The van der Waals surface area contributed by atoms with Crippen LogP contribution in [-0.4, -0.2) is 49.9 Å². The molecule has 0 spiro atoms. The summed E-state index contributed by atoms with van der Waals surface area (Å²) in [5.41, 5.74) is 1.86. The third-order valence-electron chi connectivity index (χ3n) is 5.70. The summed E-state index contributed by atoms with van der Waals surface area (Å²) in [6.07, 6.45) is 6.53. The summed E-state index contributed by atoms with van der Waals surface area (Å²) >= 11 is 0. The number of hydrogen-bond donors (Lipinski definition) is 1. The van der Waals surface area contributed by atoms with Crippen molar-refractivity contribution < 1.29 is 14.3 Å². The SMILES string of the molecule is COc1ccccc1CNC(=O)c1cnc([C@@H]2CCCN2C(=O)c2nccn2C)nc1C. The number of aryl methyl sites for hydroxylation is 2. The molecule has 1 aliphatic rings. The molecule has 0 aliphatic carbocycles. The molecule has 0 bridgehead atoms. The van der Waals surface area contributed by atoms with Gasteiger partial charge in [0.1, 0.15) is 5.75 Å². The van der Waals surface area contributed by atoms with E-state index in [1.165, 1.54) is 6.20 Å². The van der Waals surface area contributed by atoms with Gasteiger partial charge in [0.2, 0.25) is 0 Å². The zero-order valence-corrected chi connectivity index (χ0v) is 18.4. The number of nitrogens with zero attached hydrogens (tertiary/aromatic N) is 5. The third kappa shape index (κ3) is 4.18. The normalized spacial score (nSPS) is 15.6. The maximum Gasteiger partial charge on any atom is 0.290 e. The van der Waals surface area contributed by atoms with Crippen LogP contribution in [0, 0.1) is 6.92 Å². The Morgan fingerprint density at radius 2 is 2.06 bits per heavy atom. The minimum atomic E-state index is -0.257. The van der Waals surface area contributed by atoms with Crippen LogP contribution in [0.2, 0.25) is 0 Å². The van der Waals surface area contributed by atoms with E-state index in [9.17, 15) is 9.59 Å². The second-order valence-electron chi connectivity index (χ2n) is 7.74. The van der Waals surface area contributed by atoms with E-state index in [-0.39, 0.29) is 17.9 Å². The number of hydrogen-bond acceptors (Lipinski definition) is 6. The van der Waals surface area contributed by atoms with Crippen LogP contribution in [0.15, 0.2) is 42.9 Å². The number of carbonyl (C=O) groups excluding carboxylic acids is 2. The van der Waals surface area contributed by atoms with E-state index in [1.54, 1.807) is 42.9 Å². The highest BCUT2D eigenvalue weighted by Crippen LogP contribution is 2.31. The van der Waals surface area contributed by atoms with Gasteiger partial charge in [-0.15, -0.1) is 0 Å². The number of rotatable bonds is 6. The number of amides is 2. The van der Waals surface area contributed by atoms with Gasteiger partial charge < -0.3 is 19.5 Å². The second kappa shape index (κ2) is 9.17. The molecular formula is C23H26N6O3. The molecule has 32 heavy (non-hydrogen) atoms. The summed E-state index contributed by atoms with van der Waals surface area (Å²) in [5.74, 6) is 1.26. The van der Waals surface area contributed by atoms with Crippen molar-refractivity contribution in [1.82, 2.24) is 29.7 Å². The van der Waals surface area contributed by atoms with Crippen molar-refractivity contribution in [3.05, 3.63) is 71.3 Å². The summed E-state index contributed by atoms with van der Waals surface area (Å²) < 4.78 is 7.04. The zero-order valence-electron chi connectivity index (χ0n) is 18.4. The highest BCUT2D eigenvalue weighted by Gasteiger charge is 2.34. The van der Waals surface area contributed by atoms with E-state index >= 15 is 0 Å². The molecule has 1 aromatic carbocycles. The average molecular weight is 435 g/mol. The van der Waals surface area contributed by atoms with E-state index in [0.29, 0.717) is 36.0 Å². The summed E-state index contributed by atoms with van der Waals surface area (Å²) in [7, 11) is 3.40. The molecule has 1 saturated heterocycles. The Kier molecular flexibility index (Phi) is 6.16. The lowest BCUT2D eigenvalue weighted by Crippen LogP contribution is -2.33. The van der Waals surface area contributed by atoms with Gasteiger partial charge in [0.15, 0.2) is 11.6 Å². The molecule has 0 radical (unpaired) electrons. The van der Waals surface area contributed by atoms with Crippen molar-refractivity contribution in [2.24, 2.45) is 7.05 Å². The van der Waals surface area contributed by atoms with Crippen LogP contribution < -0.4 is 10.1 Å². The van der Waals surface area contributed by atoms with E-state index in [1.807, 2.05) is 24.3 Å². The zero-order chi connectivity index (χ0) is 22.7. The van der Waals surface area contributed by atoms with E-state index in [4.69, 9.17) is 4.74 Å². The first-order chi connectivity index (χ1) is 15.5. The fourth-order valence-electron chi connectivity index (χ4n) is 3.97. The van der Waals surface area contributed by atoms with Gasteiger partial charge in [0, 0.05) is 44.3 Å². The van der Waals surface area contributed by atoms with Crippen LogP contribution in [0.4, 0.5) is 0 Å². The standard InChI is InChI=1S/C23H26N6O3/c1-15-17(22(30)26-13-16-7-4-5-9-19(16)32-3)14-25-20(27-15)18-8-6-11-29(18)23(31)21-24-10-12-28(21)2/h4-5,7,9-10,12,14,18H,6,8,11,13H2,1-3H3,(H,26,30)/t18-/m0/s1. The Labute approximate surface area is 186 Å². The van der Waals surface area contributed by atoms with Gasteiger partial charge in [-0.25, -0.2) is 15.0 Å². The number of methoxy groups -OCH3 is 1. The van der Waals surface area contributed by atoms with Gasteiger partial charge >= 0.3 is 0 Å². The van der Waals surface area contributed by atoms with Crippen LogP contribution in [0.5, 0.6) is 5.75 Å². The molecule has 0 saturated carbocycles. The Bertz CT molecular complexity index is 1140. The van der Waals surface area contributed by atoms with Crippen LogP contribution in [0.1, 0.15) is 56.9 Å². The predicted molar refractivity (Wildman–Crippen MR) is 117 cm³/mol. The number of carbonyl (C=O) groups is 2. The monoisotopic (exact) mass is 434 g/mol. The lowest BCUT2D eigenvalue weighted by Gasteiger charge is -2.23. The third-order valence-corrected chi connectivity index (χ3v) is 5.70. The van der Waals surface area contributed by atoms with Gasteiger partial charge in [-0.1, -0.05) is 18.2 Å². The summed E-state index contributed by atoms with van der Waals surface area (Å²) in [4.78, 5) is 40.7. The number of likely N-dealkylation sites (tertiary alicyclic amines) is 1. The van der Waals surface area contributed by atoms with Crippen molar-refractivity contribution in [3.63, 3.8) is 0 Å². The average Bonchev–Trinajstić information content (AvgIpc) is 3.46. The molecule has 9 heteroatoms. The first-order valence-corrected chi connectivity index (χ1v) is 10.5. The highest BCUT2D eigenvalue weighted by atomic mass is 16.5. The fourth-order valence-corrected chi connectivity index (χ4v) is 3.97. The van der Waals surface area contributed by atoms with Crippen LogP contribution in [0.25, 0.3) is 0 Å². The number of benzene rings is 1. The van der Waals surface area contributed by atoms with Gasteiger partial charge in [0.05, 0.1) is 24.4 Å². The van der Waals surface area contributed by atoms with Gasteiger partial charge in [-0.3, -0.25) is 9.59 Å². The number of imidazole rings is 1. The highest BCUT2D eigenvalue weighted by molar-refractivity contribution is 5.95. The summed E-state index contributed by atoms with van der Waals surface area (Å²) in [5, 5.41) is 2.90. The van der Waals surface area contributed by atoms with E-state index in [2.05, 4.69) is 20.3 Å². The van der Waals surface area contributed by atoms with Crippen LogP contribution in [-0.2, 0) is 13.6 Å². The maximum absolute atomic E-state index is 13.0. The number of aromatic nitrogens is 4. The van der Waals surface area contributed by atoms with Crippen molar-refractivity contribution in [1.29, 1.82) is 0 Å². The maximum atomic E-state index is 13.0. The van der Waals surface area contributed by atoms with Gasteiger partial charge in [-0.2, -0.15) is 0 Å². The Morgan fingerprint density at radius 3 is 2.78 bits per heavy atom. The topological polar surface area (TPSA) is 102 Å². The smallest absolute Gasteiger partial charge is 0.290 e. The van der Waals surface area contributed by atoms with Gasteiger partial charge in [-0.05, 0) is 25.8 Å². The van der Waals surface area contributed by atoms with E-state index < -0.39 is 0 Å².